The molecule has 1 fully saturated rings. The number of halogens is 1. The van der Waals surface area contributed by atoms with Crippen LogP contribution < -0.4 is 10.6 Å². The van der Waals surface area contributed by atoms with Crippen LogP contribution in [0.25, 0.3) is 11.1 Å². The third-order valence-corrected chi connectivity index (χ3v) is 3.63. The first-order valence-corrected chi connectivity index (χ1v) is 7.04. The molecule has 6 nitrogen and oxygen atoms in total. The number of piperidine rings is 1. The number of fused-ring (bicyclic) bond motifs is 1. The predicted octanol–water partition coefficient (Wildman–Crippen LogP) is 1.69. The number of pyridine rings is 1. The van der Waals surface area contributed by atoms with Gasteiger partial charge in [0.05, 0.1) is 16.6 Å². The molecule has 3 rings (SSSR count). The van der Waals surface area contributed by atoms with E-state index in [0.717, 1.165) is 43.4 Å². The van der Waals surface area contributed by atoms with Crippen LogP contribution in [0.3, 0.4) is 0 Å². The summed E-state index contributed by atoms with van der Waals surface area (Å²) in [5.74, 6) is -0.0867. The van der Waals surface area contributed by atoms with Crippen LogP contribution in [0.1, 0.15) is 35.8 Å². The first kappa shape index (κ1) is 15.7. The van der Waals surface area contributed by atoms with Crippen LogP contribution in [0.15, 0.2) is 16.8 Å². The van der Waals surface area contributed by atoms with Crippen LogP contribution in [0.5, 0.6) is 0 Å². The quantitative estimate of drug-likeness (QED) is 0.902. The molecule has 114 valence electrons. The monoisotopic (exact) mass is 310 g/mol. The van der Waals surface area contributed by atoms with Gasteiger partial charge < -0.3 is 15.2 Å². The highest BCUT2D eigenvalue weighted by atomic mass is 35.5. The molecule has 21 heavy (non-hydrogen) atoms. The molecule has 1 amide bonds. The Labute approximate surface area is 129 Å². The molecule has 1 aliphatic rings. The Balaban J connectivity index is 0.00000161. The summed E-state index contributed by atoms with van der Waals surface area (Å²) >= 11 is 0. The maximum atomic E-state index is 12.2. The van der Waals surface area contributed by atoms with E-state index in [-0.39, 0.29) is 24.4 Å². The van der Waals surface area contributed by atoms with Crippen molar-refractivity contribution in [3.8, 4) is 0 Å². The summed E-state index contributed by atoms with van der Waals surface area (Å²) in [6.07, 6.45) is 4.40. The number of rotatable bonds is 3. The van der Waals surface area contributed by atoms with Crippen molar-refractivity contribution in [3.05, 3.63) is 23.5 Å². The third kappa shape index (κ3) is 3.33. The highest BCUT2D eigenvalue weighted by Crippen LogP contribution is 2.18. The maximum Gasteiger partial charge on any atom is 0.257 e. The summed E-state index contributed by atoms with van der Waals surface area (Å²) in [6.45, 7) is 3.85. The fraction of sp³-hybridized carbons (Fsp3) is 0.500. The van der Waals surface area contributed by atoms with E-state index in [1.165, 1.54) is 0 Å². The fourth-order valence-corrected chi connectivity index (χ4v) is 2.50. The van der Waals surface area contributed by atoms with Crippen molar-refractivity contribution in [1.29, 1.82) is 0 Å². The van der Waals surface area contributed by atoms with Crippen LogP contribution in [-0.4, -0.2) is 35.2 Å². The number of hydrogen-bond donors (Lipinski definition) is 2. The van der Waals surface area contributed by atoms with E-state index in [0.29, 0.717) is 11.3 Å². The van der Waals surface area contributed by atoms with Crippen LogP contribution in [0, 0.1) is 0 Å². The van der Waals surface area contributed by atoms with Crippen LogP contribution in [0.4, 0.5) is 0 Å². The van der Waals surface area contributed by atoms with Crippen molar-refractivity contribution in [2.75, 3.05) is 13.1 Å². The Hall–Kier alpha value is -1.66. The number of nitrogens with zero attached hydrogens (tertiary/aromatic N) is 2. The number of nitrogens with one attached hydrogen (secondary N) is 2. The van der Waals surface area contributed by atoms with Gasteiger partial charge in [0.25, 0.3) is 11.6 Å². The molecular formula is C14H19ClN4O2. The first-order chi connectivity index (χ1) is 9.78. The maximum absolute atomic E-state index is 12.2. The number of amides is 1. The molecule has 1 aliphatic heterocycles. The van der Waals surface area contributed by atoms with E-state index in [1.807, 2.05) is 13.0 Å². The molecule has 7 heteroatoms. The van der Waals surface area contributed by atoms with E-state index in [4.69, 9.17) is 4.52 Å². The minimum atomic E-state index is -0.0867. The van der Waals surface area contributed by atoms with Crippen molar-refractivity contribution in [2.24, 2.45) is 0 Å². The number of aryl methyl sites for hydroxylation is 1. The largest absolute Gasteiger partial charge is 0.348 e. The summed E-state index contributed by atoms with van der Waals surface area (Å²) in [5.41, 5.74) is 1.88. The lowest BCUT2D eigenvalue weighted by Crippen LogP contribution is -2.45. The first-order valence-electron chi connectivity index (χ1n) is 7.04. The lowest BCUT2D eigenvalue weighted by molar-refractivity contribution is 0.0930. The van der Waals surface area contributed by atoms with Crippen molar-refractivity contribution in [1.82, 2.24) is 20.8 Å². The minimum Gasteiger partial charge on any atom is -0.348 e. The lowest BCUT2D eigenvalue weighted by atomic mass is 10.1. The van der Waals surface area contributed by atoms with Crippen molar-refractivity contribution in [3.63, 3.8) is 0 Å². The minimum absolute atomic E-state index is 0. The van der Waals surface area contributed by atoms with Gasteiger partial charge >= 0.3 is 0 Å². The molecule has 0 aliphatic carbocycles. The van der Waals surface area contributed by atoms with Crippen LogP contribution >= 0.6 is 12.4 Å². The van der Waals surface area contributed by atoms with E-state index in [2.05, 4.69) is 20.8 Å². The molecule has 1 saturated heterocycles. The molecular weight excluding hydrogens is 292 g/mol. The fourth-order valence-electron chi connectivity index (χ4n) is 2.50. The molecule has 0 radical (unpaired) electrons. The molecule has 0 spiro atoms. The van der Waals surface area contributed by atoms with Crippen molar-refractivity contribution in [2.45, 2.75) is 32.2 Å². The zero-order valence-electron chi connectivity index (χ0n) is 11.9. The second-order valence-electron chi connectivity index (χ2n) is 5.08. The number of hydrogen-bond acceptors (Lipinski definition) is 5. The van der Waals surface area contributed by atoms with Crippen molar-refractivity contribution >= 4 is 29.4 Å². The Morgan fingerprint density at radius 2 is 2.43 bits per heavy atom. The molecule has 1 unspecified atom stereocenters. The number of carbonyl (C=O) groups excluding carboxylic acids is 1. The predicted molar refractivity (Wildman–Crippen MR) is 81.8 cm³/mol. The lowest BCUT2D eigenvalue weighted by Gasteiger charge is -2.23. The van der Waals surface area contributed by atoms with Gasteiger partial charge in [-0.15, -0.1) is 12.4 Å². The van der Waals surface area contributed by atoms with E-state index in [9.17, 15) is 4.79 Å². The Bertz CT molecular complexity index is 622. The zero-order chi connectivity index (χ0) is 13.9. The van der Waals surface area contributed by atoms with Gasteiger partial charge in [-0.3, -0.25) is 4.79 Å². The standard InChI is InChI=1S/C14H18N4O2.ClH/c1-2-12-11-6-9(7-16-14(11)20-18-12)13(19)17-10-4-3-5-15-8-10;/h6-7,10,15H,2-5,8H2,1H3,(H,17,19);1H. The third-order valence-electron chi connectivity index (χ3n) is 3.63. The molecule has 0 aromatic carbocycles. The molecule has 0 bridgehead atoms. The topological polar surface area (TPSA) is 80.0 Å². The van der Waals surface area contributed by atoms with E-state index < -0.39 is 0 Å². The van der Waals surface area contributed by atoms with Gasteiger partial charge in [0.2, 0.25) is 0 Å². The second kappa shape index (κ2) is 6.87. The molecule has 1 atom stereocenters. The SMILES string of the molecule is CCc1noc2ncc(C(=O)NC3CCCNC3)cc12.Cl. The van der Waals surface area contributed by atoms with E-state index in [1.54, 1.807) is 6.20 Å². The average molecular weight is 311 g/mol. The number of aromatic nitrogens is 2. The highest BCUT2D eigenvalue weighted by molar-refractivity contribution is 5.97. The summed E-state index contributed by atoms with van der Waals surface area (Å²) in [7, 11) is 0. The van der Waals surface area contributed by atoms with Crippen LogP contribution in [0.2, 0.25) is 0 Å². The van der Waals surface area contributed by atoms with Gasteiger partial charge in [0.1, 0.15) is 0 Å². The second-order valence-corrected chi connectivity index (χ2v) is 5.08. The van der Waals surface area contributed by atoms with Crippen LogP contribution in [-0.2, 0) is 6.42 Å². The van der Waals surface area contributed by atoms with Gasteiger partial charge in [0, 0.05) is 18.8 Å². The summed E-state index contributed by atoms with van der Waals surface area (Å²) in [6, 6.07) is 2.00. The van der Waals surface area contributed by atoms with Crippen molar-refractivity contribution < 1.29 is 9.32 Å². The van der Waals surface area contributed by atoms with Gasteiger partial charge in [-0.1, -0.05) is 12.1 Å². The molecule has 2 aromatic rings. The Kier molecular flexibility index (Phi) is 5.14. The molecule has 2 aromatic heterocycles. The van der Waals surface area contributed by atoms with Gasteiger partial charge in [-0.05, 0) is 31.9 Å². The number of carbonyl (C=O) groups is 1. The van der Waals surface area contributed by atoms with Gasteiger partial charge in [-0.25, -0.2) is 4.98 Å². The Morgan fingerprint density at radius 3 is 3.14 bits per heavy atom. The average Bonchev–Trinajstić information content (AvgIpc) is 2.90. The van der Waals surface area contributed by atoms with E-state index >= 15 is 0 Å². The normalized spacial score (nSPS) is 18.2. The highest BCUT2D eigenvalue weighted by Gasteiger charge is 2.18. The van der Waals surface area contributed by atoms with Gasteiger partial charge in [0.15, 0.2) is 0 Å². The molecule has 3 heterocycles. The summed E-state index contributed by atoms with van der Waals surface area (Å²) < 4.78 is 5.12. The summed E-state index contributed by atoms with van der Waals surface area (Å²) in [5, 5.41) is 11.1. The zero-order valence-corrected chi connectivity index (χ0v) is 12.7. The smallest absolute Gasteiger partial charge is 0.257 e. The Morgan fingerprint density at radius 1 is 1.57 bits per heavy atom. The van der Waals surface area contributed by atoms with Gasteiger partial charge in [-0.2, -0.15) is 0 Å². The molecule has 0 saturated carbocycles. The summed E-state index contributed by atoms with van der Waals surface area (Å²) in [4.78, 5) is 16.4. The molecule has 2 N–H and O–H groups in total.